The van der Waals surface area contributed by atoms with Gasteiger partial charge in [0.05, 0.1) is 6.54 Å². The summed E-state index contributed by atoms with van der Waals surface area (Å²) < 4.78 is 25.5. The second kappa shape index (κ2) is 9.41. The van der Waals surface area contributed by atoms with Crippen molar-refractivity contribution in [2.24, 2.45) is 18.9 Å². The molecule has 2 aliphatic carbocycles. The first kappa shape index (κ1) is 25.7. The van der Waals surface area contributed by atoms with Gasteiger partial charge in [-0.25, -0.2) is 13.4 Å². The highest BCUT2D eigenvalue weighted by Crippen LogP contribution is 2.32. The lowest BCUT2D eigenvalue weighted by Gasteiger charge is -2.37. The minimum atomic E-state index is -3.75. The predicted molar refractivity (Wildman–Crippen MR) is 136 cm³/mol. The molecule has 3 amide bonds. The molecular weight excluding hydrogens is 514 g/mol. The third kappa shape index (κ3) is 5.07. The molecule has 1 aliphatic heterocycles. The van der Waals surface area contributed by atoms with Crippen LogP contribution in [0.15, 0.2) is 17.3 Å². The summed E-state index contributed by atoms with van der Waals surface area (Å²) >= 11 is 0. The third-order valence-electron chi connectivity index (χ3n) is 6.49. The second-order valence-electron chi connectivity index (χ2n) is 9.74. The van der Waals surface area contributed by atoms with Gasteiger partial charge >= 0.3 is 0 Å². The highest BCUT2D eigenvalue weighted by molar-refractivity contribution is 7.90. The van der Waals surface area contributed by atoms with E-state index in [4.69, 9.17) is 0 Å². The molecule has 5 rings (SSSR count). The smallest absolute Gasteiger partial charge is 0.277 e. The summed E-state index contributed by atoms with van der Waals surface area (Å²) in [4.78, 5) is 48.2. The molecule has 38 heavy (non-hydrogen) atoms. The van der Waals surface area contributed by atoms with Crippen molar-refractivity contribution >= 4 is 44.9 Å². The van der Waals surface area contributed by atoms with E-state index >= 15 is 0 Å². The van der Waals surface area contributed by atoms with Crippen molar-refractivity contribution in [3.8, 4) is 11.8 Å². The van der Waals surface area contributed by atoms with E-state index in [1.165, 1.54) is 23.6 Å². The number of anilines is 3. The zero-order valence-electron chi connectivity index (χ0n) is 21.1. The molecule has 0 spiro atoms. The van der Waals surface area contributed by atoms with E-state index in [0.717, 1.165) is 36.8 Å². The molecule has 2 fully saturated rings. The molecule has 0 aromatic carbocycles. The Morgan fingerprint density at radius 2 is 1.71 bits per heavy atom. The van der Waals surface area contributed by atoms with E-state index in [9.17, 15) is 27.9 Å². The number of amides is 3. The Bertz CT molecular complexity index is 1470. The summed E-state index contributed by atoms with van der Waals surface area (Å²) in [6, 6.07) is 3.16. The van der Waals surface area contributed by atoms with Crippen LogP contribution in [0, 0.1) is 23.7 Å². The number of fused-ring (bicyclic) bond motifs is 1. The summed E-state index contributed by atoms with van der Waals surface area (Å²) in [7, 11) is -0.952. The Labute approximate surface area is 219 Å². The number of carbonyl (C=O) groups excluding carboxylic acids is 3. The van der Waals surface area contributed by atoms with E-state index in [2.05, 4.69) is 32.4 Å². The number of hydrogen-bond donors (Lipinski definition) is 3. The fraction of sp³-hybridized carbons (Fsp3) is 0.458. The van der Waals surface area contributed by atoms with Crippen LogP contribution in [-0.4, -0.2) is 76.9 Å². The number of imidazole rings is 1. The van der Waals surface area contributed by atoms with Gasteiger partial charge in [0.15, 0.2) is 11.5 Å². The van der Waals surface area contributed by atoms with E-state index in [1.54, 1.807) is 12.1 Å². The molecule has 3 heterocycles. The number of pyridine rings is 1. The van der Waals surface area contributed by atoms with Crippen LogP contribution < -0.4 is 15.5 Å². The molecule has 2 saturated carbocycles. The van der Waals surface area contributed by atoms with Gasteiger partial charge in [0.2, 0.25) is 33.2 Å². The summed E-state index contributed by atoms with van der Waals surface area (Å²) in [6.45, 7) is -0.129. The molecule has 2 aromatic rings. The van der Waals surface area contributed by atoms with E-state index < -0.39 is 22.1 Å². The first-order valence-electron chi connectivity index (χ1n) is 12.1. The van der Waals surface area contributed by atoms with Crippen molar-refractivity contribution in [1.29, 1.82) is 0 Å². The highest BCUT2D eigenvalue weighted by atomic mass is 32.2. The molecule has 3 aliphatic rings. The van der Waals surface area contributed by atoms with Crippen LogP contribution in [0.4, 0.5) is 17.3 Å². The van der Waals surface area contributed by atoms with E-state index in [0.29, 0.717) is 5.69 Å². The van der Waals surface area contributed by atoms with E-state index in [1.807, 2.05) is 0 Å². The summed E-state index contributed by atoms with van der Waals surface area (Å²) in [5.41, 5.74) is 0.715. The average Bonchev–Trinajstić information content (AvgIpc) is 3.75. The van der Waals surface area contributed by atoms with Gasteiger partial charge in [-0.2, -0.15) is 4.98 Å². The summed E-state index contributed by atoms with van der Waals surface area (Å²) in [5.74, 6) is 5.09. The number of rotatable bonds is 6. The lowest BCUT2D eigenvalue weighted by atomic mass is 10.2. The Balaban J connectivity index is 1.44. The van der Waals surface area contributed by atoms with Crippen molar-refractivity contribution in [1.82, 2.24) is 19.4 Å². The summed E-state index contributed by atoms with van der Waals surface area (Å²) in [5, 5.41) is 16.0. The molecule has 200 valence electrons. The van der Waals surface area contributed by atoms with Gasteiger partial charge in [0, 0.05) is 43.9 Å². The summed E-state index contributed by atoms with van der Waals surface area (Å²) in [6.07, 6.45) is 2.86. The number of nitrogens with one attached hydrogen (secondary N) is 2. The number of aliphatic hydroxyl groups is 1. The van der Waals surface area contributed by atoms with Gasteiger partial charge in [0.25, 0.3) is 5.91 Å². The van der Waals surface area contributed by atoms with Crippen LogP contribution in [0.2, 0.25) is 0 Å². The van der Waals surface area contributed by atoms with Gasteiger partial charge in [-0.3, -0.25) is 19.3 Å². The first-order valence-corrected chi connectivity index (χ1v) is 13.9. The van der Waals surface area contributed by atoms with Crippen LogP contribution in [0.3, 0.4) is 0 Å². The zero-order chi connectivity index (χ0) is 27.4. The topological polar surface area (TPSA) is 167 Å². The maximum atomic E-state index is 12.8. The molecule has 2 aromatic heterocycles. The maximum Gasteiger partial charge on any atom is 0.277 e. The second-order valence-corrected chi connectivity index (χ2v) is 11.7. The van der Waals surface area contributed by atoms with Gasteiger partial charge in [-0.1, -0.05) is 5.92 Å². The molecule has 14 heteroatoms. The van der Waals surface area contributed by atoms with Gasteiger partial charge in [0.1, 0.15) is 11.5 Å². The van der Waals surface area contributed by atoms with Crippen molar-refractivity contribution in [3.05, 3.63) is 23.5 Å². The fourth-order valence-corrected chi connectivity index (χ4v) is 4.93. The van der Waals surface area contributed by atoms with Crippen LogP contribution in [-0.2, 0) is 26.5 Å². The maximum absolute atomic E-state index is 12.8. The first-order chi connectivity index (χ1) is 17.9. The Kier molecular flexibility index (Phi) is 6.36. The number of hydrogen-bond acceptors (Lipinski definition) is 9. The monoisotopic (exact) mass is 541 g/mol. The Hall–Kier alpha value is -3.96. The van der Waals surface area contributed by atoms with Gasteiger partial charge < -0.3 is 25.2 Å². The molecule has 0 bridgehead atoms. The molecule has 1 atom stereocenters. The zero-order valence-corrected chi connectivity index (χ0v) is 21.9. The lowest BCUT2D eigenvalue weighted by molar-refractivity contribution is -0.118. The van der Waals surface area contributed by atoms with Crippen molar-refractivity contribution in [2.75, 3.05) is 35.4 Å². The van der Waals surface area contributed by atoms with Crippen molar-refractivity contribution in [2.45, 2.75) is 37.2 Å². The molecule has 13 nitrogen and oxygen atoms in total. The molecule has 0 saturated heterocycles. The van der Waals surface area contributed by atoms with Crippen LogP contribution >= 0.6 is 0 Å². The number of sulfone groups is 1. The number of carbonyl (C=O) groups is 3. The molecular formula is C24H27N7O6S. The van der Waals surface area contributed by atoms with Crippen molar-refractivity contribution < 1.29 is 27.9 Å². The van der Waals surface area contributed by atoms with Crippen LogP contribution in [0.1, 0.15) is 41.9 Å². The molecule has 3 N–H and O–H groups in total. The van der Waals surface area contributed by atoms with Gasteiger partial charge in [-0.15, -0.1) is 0 Å². The number of nitrogens with zero attached hydrogens (tertiary/aromatic N) is 5. The largest absolute Gasteiger partial charge is 0.356 e. The lowest BCUT2D eigenvalue weighted by Crippen LogP contribution is -2.54. The fourth-order valence-electron chi connectivity index (χ4n) is 4.09. The number of aromatic nitrogens is 3. The van der Waals surface area contributed by atoms with Crippen LogP contribution in [0.25, 0.3) is 0 Å². The van der Waals surface area contributed by atoms with Gasteiger partial charge in [-0.05, 0) is 37.7 Å². The Morgan fingerprint density at radius 3 is 2.32 bits per heavy atom. The van der Waals surface area contributed by atoms with Crippen LogP contribution in [0.5, 0.6) is 0 Å². The quantitative estimate of drug-likeness (QED) is 0.431. The predicted octanol–water partition coefficient (Wildman–Crippen LogP) is 0.135. The highest BCUT2D eigenvalue weighted by Gasteiger charge is 2.40. The minimum absolute atomic E-state index is 0.00591. The minimum Gasteiger partial charge on any atom is -0.356 e. The normalized spacial score (nSPS) is 18.9. The average molecular weight is 542 g/mol. The Morgan fingerprint density at radius 1 is 1.08 bits per heavy atom. The van der Waals surface area contributed by atoms with Crippen molar-refractivity contribution in [3.63, 3.8) is 0 Å². The van der Waals surface area contributed by atoms with E-state index in [-0.39, 0.29) is 58.4 Å². The number of aliphatic hydroxyl groups excluding tert-OH is 1. The third-order valence-corrected chi connectivity index (χ3v) is 7.52. The standard InChI is InChI=1S/C24H27N7O6S/c1-29-18-19(28-23(29)38(3,36)37)31(24(35)30(2)22(18)34)10-4-5-15-11-16(26-20(32)13-6-7-13)12-17(25-15)27-21(33)14-8-9-14/h11-14,24,35H,6-10H2,1-3H3,(H2,25,26,27,32,33). The molecule has 0 radical (unpaired) electrons. The SMILES string of the molecule is CN1C(=O)c2c(nc(S(C)(=O)=O)n2C)N(CC#Cc2cc(NC(=O)C3CC3)cc(NC(=O)C3CC3)n2)C1O. The molecule has 1 unspecified atom stereocenters.